The number of rotatable bonds is 5. The minimum absolute atomic E-state index is 0.139. The lowest BCUT2D eigenvalue weighted by atomic mass is 10.1. The lowest BCUT2D eigenvalue weighted by Crippen LogP contribution is -2.35. The summed E-state index contributed by atoms with van der Waals surface area (Å²) in [5, 5.41) is 9.62. The molecule has 8 nitrogen and oxygen atoms in total. The number of esters is 3. The summed E-state index contributed by atoms with van der Waals surface area (Å²) in [6.45, 7) is 3.44. The Kier molecular flexibility index (Phi) is 5.90. The molecule has 1 aliphatic rings. The Morgan fingerprint density at radius 1 is 1.20 bits per heavy atom. The number of ether oxygens (including phenoxy) is 4. The van der Waals surface area contributed by atoms with E-state index in [1.165, 1.54) is 20.8 Å². The van der Waals surface area contributed by atoms with Crippen molar-refractivity contribution in [2.24, 2.45) is 0 Å². The highest BCUT2D eigenvalue weighted by molar-refractivity contribution is 5.67. The molecule has 0 spiro atoms. The lowest BCUT2D eigenvalue weighted by Gasteiger charge is -2.21. The van der Waals surface area contributed by atoms with Gasteiger partial charge in [-0.2, -0.15) is 0 Å². The van der Waals surface area contributed by atoms with Gasteiger partial charge in [-0.3, -0.25) is 14.4 Å². The van der Waals surface area contributed by atoms with Crippen molar-refractivity contribution in [2.75, 3.05) is 6.61 Å². The van der Waals surface area contributed by atoms with Crippen LogP contribution >= 0.6 is 0 Å². The fourth-order valence-electron chi connectivity index (χ4n) is 1.86. The molecule has 114 valence electrons. The molecular formula is C12H18O8. The average molecular weight is 290 g/mol. The number of hydrogen-bond donors (Lipinski definition) is 1. The van der Waals surface area contributed by atoms with Crippen molar-refractivity contribution in [3.05, 3.63) is 0 Å². The molecule has 20 heavy (non-hydrogen) atoms. The molecule has 0 aromatic heterocycles. The zero-order valence-corrected chi connectivity index (χ0v) is 11.5. The Bertz CT molecular complexity index is 380. The normalized spacial score (nSPS) is 26.7. The topological polar surface area (TPSA) is 108 Å². The first-order valence-electron chi connectivity index (χ1n) is 6.11. The molecule has 0 unspecified atom stereocenters. The zero-order chi connectivity index (χ0) is 15.3. The Morgan fingerprint density at radius 2 is 1.85 bits per heavy atom. The molecule has 0 aromatic carbocycles. The maximum atomic E-state index is 11.0. The molecule has 8 heteroatoms. The van der Waals surface area contributed by atoms with Crippen LogP contribution in [0.2, 0.25) is 0 Å². The first kappa shape index (κ1) is 16.4. The predicted molar refractivity (Wildman–Crippen MR) is 63.2 cm³/mol. The van der Waals surface area contributed by atoms with Crippen LogP contribution in [0, 0.1) is 0 Å². The van der Waals surface area contributed by atoms with Crippen LogP contribution in [0.5, 0.6) is 0 Å². The van der Waals surface area contributed by atoms with Gasteiger partial charge in [0.25, 0.3) is 0 Å². The Labute approximate surface area is 115 Å². The van der Waals surface area contributed by atoms with Crippen molar-refractivity contribution in [2.45, 2.75) is 51.8 Å². The van der Waals surface area contributed by atoms with Gasteiger partial charge in [0.05, 0.1) is 0 Å². The highest BCUT2D eigenvalue weighted by Crippen LogP contribution is 2.26. The maximum absolute atomic E-state index is 11.0. The lowest BCUT2D eigenvalue weighted by molar-refractivity contribution is -0.183. The number of hydrogen-bond acceptors (Lipinski definition) is 8. The van der Waals surface area contributed by atoms with E-state index in [1.54, 1.807) is 0 Å². The van der Waals surface area contributed by atoms with E-state index in [0.717, 1.165) is 0 Å². The summed E-state index contributed by atoms with van der Waals surface area (Å²) < 4.78 is 19.8. The molecule has 1 heterocycles. The average Bonchev–Trinajstić information content (AvgIpc) is 2.64. The van der Waals surface area contributed by atoms with Crippen LogP contribution in [0.3, 0.4) is 0 Å². The van der Waals surface area contributed by atoms with Gasteiger partial charge in [0.15, 0.2) is 18.5 Å². The summed E-state index contributed by atoms with van der Waals surface area (Å²) in [6.07, 6.45) is -3.60. The number of aliphatic hydroxyl groups excluding tert-OH is 1. The first-order valence-corrected chi connectivity index (χ1v) is 6.11. The van der Waals surface area contributed by atoms with E-state index in [-0.39, 0.29) is 13.0 Å². The van der Waals surface area contributed by atoms with Crippen LogP contribution < -0.4 is 0 Å². The van der Waals surface area contributed by atoms with Crippen LogP contribution in [0.25, 0.3) is 0 Å². The van der Waals surface area contributed by atoms with Gasteiger partial charge in [0.2, 0.25) is 0 Å². The van der Waals surface area contributed by atoms with Crippen LogP contribution in [0.15, 0.2) is 0 Å². The second-order valence-electron chi connectivity index (χ2n) is 4.40. The van der Waals surface area contributed by atoms with E-state index in [0.29, 0.717) is 0 Å². The van der Waals surface area contributed by atoms with Crippen molar-refractivity contribution in [3.63, 3.8) is 0 Å². The number of carbonyl (C=O) groups is 3. The van der Waals surface area contributed by atoms with Gasteiger partial charge in [0.1, 0.15) is 12.7 Å². The highest BCUT2D eigenvalue weighted by atomic mass is 16.7. The quantitative estimate of drug-likeness (QED) is 0.534. The molecule has 0 aliphatic carbocycles. The van der Waals surface area contributed by atoms with Crippen molar-refractivity contribution in [1.82, 2.24) is 0 Å². The van der Waals surface area contributed by atoms with Gasteiger partial charge in [-0.15, -0.1) is 0 Å². The molecule has 0 amide bonds. The van der Waals surface area contributed by atoms with E-state index >= 15 is 0 Å². The van der Waals surface area contributed by atoms with Crippen molar-refractivity contribution in [1.29, 1.82) is 0 Å². The maximum Gasteiger partial charge on any atom is 0.303 e. The van der Waals surface area contributed by atoms with Gasteiger partial charge in [-0.05, 0) is 0 Å². The minimum Gasteiger partial charge on any atom is -0.462 e. The van der Waals surface area contributed by atoms with E-state index < -0.39 is 42.5 Å². The van der Waals surface area contributed by atoms with Gasteiger partial charge in [0, 0.05) is 27.2 Å². The largest absolute Gasteiger partial charge is 0.462 e. The summed E-state index contributed by atoms with van der Waals surface area (Å²) >= 11 is 0. The molecule has 0 aromatic rings. The molecule has 0 radical (unpaired) electrons. The third kappa shape index (κ3) is 5.14. The molecule has 4 atom stereocenters. The van der Waals surface area contributed by atoms with Gasteiger partial charge >= 0.3 is 17.9 Å². The van der Waals surface area contributed by atoms with Crippen molar-refractivity contribution in [3.8, 4) is 0 Å². The van der Waals surface area contributed by atoms with Gasteiger partial charge in [-0.1, -0.05) is 0 Å². The molecule has 0 saturated carbocycles. The van der Waals surface area contributed by atoms with E-state index in [9.17, 15) is 19.5 Å². The second-order valence-corrected chi connectivity index (χ2v) is 4.40. The van der Waals surface area contributed by atoms with E-state index in [4.69, 9.17) is 18.9 Å². The standard InChI is InChI=1S/C12H18O8/c1-6(13)17-5-11(19-8(3)15)9-4-10(12(16)20-9)18-7(2)14/h9-12,16H,4-5H2,1-3H3/t9-,10-,11-,12-/m0/s1. The van der Waals surface area contributed by atoms with E-state index in [2.05, 4.69) is 0 Å². The summed E-state index contributed by atoms with van der Waals surface area (Å²) in [5.41, 5.74) is 0. The summed E-state index contributed by atoms with van der Waals surface area (Å²) in [7, 11) is 0. The SMILES string of the molecule is CC(=O)OC[C@H](OC(C)=O)[C@@H]1C[C@H](OC(C)=O)[C@@H](O)O1. The molecule has 1 N–H and O–H groups in total. The van der Waals surface area contributed by atoms with Crippen LogP contribution in [0.1, 0.15) is 27.2 Å². The molecule has 0 bridgehead atoms. The Morgan fingerprint density at radius 3 is 2.35 bits per heavy atom. The summed E-state index contributed by atoms with van der Waals surface area (Å²) in [4.78, 5) is 32.7. The molecule has 1 saturated heterocycles. The summed E-state index contributed by atoms with van der Waals surface area (Å²) in [5.74, 6) is -1.66. The Hall–Kier alpha value is -1.67. The van der Waals surface area contributed by atoms with Gasteiger partial charge in [-0.25, -0.2) is 0 Å². The van der Waals surface area contributed by atoms with Crippen LogP contribution in [0.4, 0.5) is 0 Å². The molecular weight excluding hydrogens is 272 g/mol. The summed E-state index contributed by atoms with van der Waals surface area (Å²) in [6, 6.07) is 0. The first-order chi connectivity index (χ1) is 9.29. The van der Waals surface area contributed by atoms with Crippen molar-refractivity contribution >= 4 is 17.9 Å². The fourth-order valence-corrected chi connectivity index (χ4v) is 1.86. The van der Waals surface area contributed by atoms with Crippen LogP contribution in [-0.4, -0.2) is 54.2 Å². The molecule has 1 aliphatic heterocycles. The number of aliphatic hydroxyl groups is 1. The zero-order valence-electron chi connectivity index (χ0n) is 11.5. The second kappa shape index (κ2) is 7.20. The van der Waals surface area contributed by atoms with Gasteiger partial charge < -0.3 is 24.1 Å². The van der Waals surface area contributed by atoms with E-state index in [1.807, 2.05) is 0 Å². The molecule has 1 fully saturated rings. The van der Waals surface area contributed by atoms with Crippen LogP contribution in [-0.2, 0) is 33.3 Å². The third-order valence-electron chi connectivity index (χ3n) is 2.60. The van der Waals surface area contributed by atoms with Crippen molar-refractivity contribution < 1.29 is 38.4 Å². The fraction of sp³-hybridized carbons (Fsp3) is 0.750. The minimum atomic E-state index is -1.31. The Balaban J connectivity index is 2.64. The number of carbonyl (C=O) groups excluding carboxylic acids is 3. The highest BCUT2D eigenvalue weighted by Gasteiger charge is 2.42. The monoisotopic (exact) mass is 290 g/mol. The third-order valence-corrected chi connectivity index (χ3v) is 2.60. The smallest absolute Gasteiger partial charge is 0.303 e. The molecule has 1 rings (SSSR count). The predicted octanol–water partition coefficient (Wildman–Crippen LogP) is -0.480.